The van der Waals surface area contributed by atoms with Crippen molar-refractivity contribution in [2.75, 3.05) is 16.8 Å². The first-order valence-electron chi connectivity index (χ1n) is 7.86. The summed E-state index contributed by atoms with van der Waals surface area (Å²) in [6, 6.07) is 13.9. The van der Waals surface area contributed by atoms with Gasteiger partial charge in [0, 0.05) is 6.54 Å². The molecule has 1 N–H and O–H groups in total. The molecule has 114 valence electrons. The van der Waals surface area contributed by atoms with Gasteiger partial charge in [-0.25, -0.2) is 0 Å². The number of carbonyl (C=O) groups is 1. The van der Waals surface area contributed by atoms with E-state index < -0.39 is 0 Å². The molecular weight excluding hydrogens is 272 g/mol. The molecule has 0 saturated heterocycles. The molecular formula is C19H22N2O. The van der Waals surface area contributed by atoms with Crippen LogP contribution in [0.1, 0.15) is 36.1 Å². The van der Waals surface area contributed by atoms with E-state index in [-0.39, 0.29) is 11.9 Å². The van der Waals surface area contributed by atoms with Crippen molar-refractivity contribution in [2.24, 2.45) is 0 Å². The van der Waals surface area contributed by atoms with Crippen molar-refractivity contribution in [2.45, 2.75) is 33.2 Å². The summed E-state index contributed by atoms with van der Waals surface area (Å²) in [5, 5.41) is 3.43. The highest BCUT2D eigenvalue weighted by Gasteiger charge is 2.33. The Morgan fingerprint density at radius 2 is 1.77 bits per heavy atom. The van der Waals surface area contributed by atoms with Crippen LogP contribution in [0.5, 0.6) is 0 Å². The quantitative estimate of drug-likeness (QED) is 0.919. The van der Waals surface area contributed by atoms with Crippen LogP contribution in [0.15, 0.2) is 42.5 Å². The zero-order chi connectivity index (χ0) is 15.7. The Balaban J connectivity index is 2.08. The average Bonchev–Trinajstić information content (AvgIpc) is 2.53. The summed E-state index contributed by atoms with van der Waals surface area (Å²) in [7, 11) is 0. The van der Waals surface area contributed by atoms with Crippen molar-refractivity contribution < 1.29 is 4.79 Å². The molecule has 1 unspecified atom stereocenters. The highest BCUT2D eigenvalue weighted by Crippen LogP contribution is 2.38. The molecule has 3 rings (SSSR count). The van der Waals surface area contributed by atoms with E-state index in [4.69, 9.17) is 0 Å². The van der Waals surface area contributed by atoms with Crippen molar-refractivity contribution in [3.8, 4) is 0 Å². The Hall–Kier alpha value is -2.29. The number of benzene rings is 2. The Morgan fingerprint density at radius 1 is 1.09 bits per heavy atom. The molecule has 3 nitrogen and oxygen atoms in total. The van der Waals surface area contributed by atoms with Crippen LogP contribution < -0.4 is 10.2 Å². The molecule has 2 aromatic carbocycles. The average molecular weight is 294 g/mol. The lowest BCUT2D eigenvalue weighted by atomic mass is 9.98. The van der Waals surface area contributed by atoms with Gasteiger partial charge in [-0.15, -0.1) is 0 Å². The minimum absolute atomic E-state index is 0.129. The molecule has 0 aliphatic carbocycles. The van der Waals surface area contributed by atoms with E-state index in [0.29, 0.717) is 0 Å². The largest absolute Gasteiger partial charge is 0.368 e. The highest BCUT2D eigenvalue weighted by atomic mass is 16.2. The first-order valence-corrected chi connectivity index (χ1v) is 7.86. The number of hydrogen-bond donors (Lipinski definition) is 1. The summed E-state index contributed by atoms with van der Waals surface area (Å²) in [4.78, 5) is 14.9. The normalized spacial score (nSPS) is 17.1. The summed E-state index contributed by atoms with van der Waals surface area (Å²) in [6.45, 7) is 7.05. The van der Waals surface area contributed by atoms with E-state index in [9.17, 15) is 4.79 Å². The van der Waals surface area contributed by atoms with Gasteiger partial charge in [0.05, 0.1) is 11.4 Å². The summed E-state index contributed by atoms with van der Waals surface area (Å²) in [6.07, 6.45) is 0.944. The van der Waals surface area contributed by atoms with E-state index in [1.807, 2.05) is 35.2 Å². The SMILES string of the molecule is CCCN1C(=O)C(c2ccccc2)Nc2cc(C)c(C)cc21. The molecule has 0 aromatic heterocycles. The van der Waals surface area contributed by atoms with Crippen LogP contribution in [-0.2, 0) is 4.79 Å². The number of hydrogen-bond acceptors (Lipinski definition) is 2. The molecule has 1 amide bonds. The van der Waals surface area contributed by atoms with Gasteiger partial charge in [0.2, 0.25) is 0 Å². The fourth-order valence-electron chi connectivity index (χ4n) is 2.96. The molecule has 1 heterocycles. The van der Waals surface area contributed by atoms with Crippen LogP contribution in [0.2, 0.25) is 0 Å². The first kappa shape index (κ1) is 14.6. The van der Waals surface area contributed by atoms with Gasteiger partial charge >= 0.3 is 0 Å². The molecule has 1 atom stereocenters. The predicted molar refractivity (Wildman–Crippen MR) is 91.4 cm³/mol. The summed E-state index contributed by atoms with van der Waals surface area (Å²) < 4.78 is 0. The van der Waals surface area contributed by atoms with Gasteiger partial charge in [0.25, 0.3) is 5.91 Å². The number of fused-ring (bicyclic) bond motifs is 1. The summed E-state index contributed by atoms with van der Waals surface area (Å²) in [5.74, 6) is 0.129. The maximum atomic E-state index is 12.9. The van der Waals surface area contributed by atoms with Crippen molar-refractivity contribution in [1.82, 2.24) is 0 Å². The fraction of sp³-hybridized carbons (Fsp3) is 0.316. The minimum atomic E-state index is -0.303. The highest BCUT2D eigenvalue weighted by molar-refractivity contribution is 6.05. The number of nitrogens with one attached hydrogen (secondary N) is 1. The van der Waals surface area contributed by atoms with Gasteiger partial charge in [-0.1, -0.05) is 37.3 Å². The van der Waals surface area contributed by atoms with Crippen molar-refractivity contribution in [3.05, 3.63) is 59.2 Å². The third-order valence-electron chi connectivity index (χ3n) is 4.30. The Labute approximate surface area is 132 Å². The molecule has 2 aromatic rings. The van der Waals surface area contributed by atoms with Gasteiger partial charge in [0.15, 0.2) is 0 Å². The van der Waals surface area contributed by atoms with E-state index in [1.165, 1.54) is 11.1 Å². The van der Waals surface area contributed by atoms with Gasteiger partial charge < -0.3 is 10.2 Å². The third kappa shape index (κ3) is 2.47. The molecule has 0 bridgehead atoms. The molecule has 0 fully saturated rings. The summed E-state index contributed by atoms with van der Waals surface area (Å²) in [5.41, 5.74) is 5.51. The monoisotopic (exact) mass is 294 g/mol. The lowest BCUT2D eigenvalue weighted by molar-refractivity contribution is -0.119. The van der Waals surface area contributed by atoms with Crippen LogP contribution in [0.25, 0.3) is 0 Å². The van der Waals surface area contributed by atoms with Gasteiger partial charge in [-0.3, -0.25) is 4.79 Å². The maximum absolute atomic E-state index is 12.9. The van der Waals surface area contributed by atoms with E-state index in [0.717, 1.165) is 29.9 Å². The van der Waals surface area contributed by atoms with Crippen molar-refractivity contribution >= 4 is 17.3 Å². The lowest BCUT2D eigenvalue weighted by Crippen LogP contribution is -2.42. The third-order valence-corrected chi connectivity index (χ3v) is 4.30. The molecule has 22 heavy (non-hydrogen) atoms. The van der Waals surface area contributed by atoms with Crippen LogP contribution in [0.4, 0.5) is 11.4 Å². The Kier molecular flexibility index (Phi) is 3.88. The second-order valence-electron chi connectivity index (χ2n) is 5.93. The minimum Gasteiger partial charge on any atom is -0.368 e. The zero-order valence-electron chi connectivity index (χ0n) is 13.4. The van der Waals surface area contributed by atoms with Crippen LogP contribution >= 0.6 is 0 Å². The molecule has 0 saturated carbocycles. The van der Waals surface area contributed by atoms with E-state index in [1.54, 1.807) is 0 Å². The predicted octanol–water partition coefficient (Wildman–Crippen LogP) is 4.21. The van der Waals surface area contributed by atoms with Crippen LogP contribution in [-0.4, -0.2) is 12.5 Å². The van der Waals surface area contributed by atoms with E-state index >= 15 is 0 Å². The topological polar surface area (TPSA) is 32.3 Å². The second kappa shape index (κ2) is 5.84. The maximum Gasteiger partial charge on any atom is 0.254 e. The smallest absolute Gasteiger partial charge is 0.254 e. The van der Waals surface area contributed by atoms with Gasteiger partial charge in [0.1, 0.15) is 6.04 Å². The molecule has 0 spiro atoms. The number of amides is 1. The van der Waals surface area contributed by atoms with E-state index in [2.05, 4.69) is 38.2 Å². The number of carbonyl (C=O) groups excluding carboxylic acids is 1. The molecule has 1 aliphatic rings. The standard InChI is InChI=1S/C19H22N2O/c1-4-10-21-17-12-14(3)13(2)11-16(17)20-18(19(21)22)15-8-6-5-7-9-15/h5-9,11-12,18,20H,4,10H2,1-3H3. The van der Waals surface area contributed by atoms with Crippen molar-refractivity contribution in [3.63, 3.8) is 0 Å². The van der Waals surface area contributed by atoms with Crippen LogP contribution in [0.3, 0.4) is 0 Å². The Morgan fingerprint density at radius 3 is 2.45 bits per heavy atom. The van der Waals surface area contributed by atoms with Gasteiger partial charge in [-0.05, 0) is 49.1 Å². The zero-order valence-corrected chi connectivity index (χ0v) is 13.4. The molecule has 1 aliphatic heterocycles. The second-order valence-corrected chi connectivity index (χ2v) is 5.93. The fourth-order valence-corrected chi connectivity index (χ4v) is 2.96. The Bertz CT molecular complexity index is 694. The number of rotatable bonds is 3. The number of aryl methyl sites for hydroxylation is 2. The van der Waals surface area contributed by atoms with Crippen LogP contribution in [0, 0.1) is 13.8 Å². The number of anilines is 2. The molecule has 0 radical (unpaired) electrons. The van der Waals surface area contributed by atoms with Crippen molar-refractivity contribution in [1.29, 1.82) is 0 Å². The first-order chi connectivity index (χ1) is 10.6. The van der Waals surface area contributed by atoms with Gasteiger partial charge in [-0.2, -0.15) is 0 Å². The summed E-state index contributed by atoms with van der Waals surface area (Å²) >= 11 is 0. The molecule has 3 heteroatoms. The number of nitrogens with zero attached hydrogens (tertiary/aromatic N) is 1. The lowest BCUT2D eigenvalue weighted by Gasteiger charge is -2.36.